The summed E-state index contributed by atoms with van der Waals surface area (Å²) >= 11 is 1.92. The van der Waals surface area contributed by atoms with E-state index in [1.165, 1.54) is 23.4 Å². The van der Waals surface area contributed by atoms with Crippen LogP contribution in [0.5, 0.6) is 0 Å². The van der Waals surface area contributed by atoms with Crippen molar-refractivity contribution in [3.63, 3.8) is 0 Å². The molecule has 21 heavy (non-hydrogen) atoms. The predicted octanol–water partition coefficient (Wildman–Crippen LogP) is 3.39. The highest BCUT2D eigenvalue weighted by atomic mass is 32.2. The van der Waals surface area contributed by atoms with Crippen LogP contribution >= 0.6 is 11.8 Å². The predicted molar refractivity (Wildman–Crippen MR) is 89.0 cm³/mol. The SMILES string of the molecule is CC1CN(CC(=O)N2CCCCCC2)c2ccccc2S1. The van der Waals surface area contributed by atoms with Crippen molar-refractivity contribution in [2.45, 2.75) is 42.8 Å². The van der Waals surface area contributed by atoms with E-state index in [2.05, 4.69) is 41.0 Å². The second-order valence-electron chi connectivity index (χ2n) is 6.07. The lowest BCUT2D eigenvalue weighted by molar-refractivity contribution is -0.129. The summed E-state index contributed by atoms with van der Waals surface area (Å²) in [6.07, 6.45) is 4.86. The molecule has 0 N–H and O–H groups in total. The lowest BCUT2D eigenvalue weighted by Gasteiger charge is -2.35. The van der Waals surface area contributed by atoms with Gasteiger partial charge in [0.1, 0.15) is 0 Å². The molecule has 1 amide bonds. The summed E-state index contributed by atoms with van der Waals surface area (Å²) < 4.78 is 0. The third-order valence-corrected chi connectivity index (χ3v) is 5.45. The molecule has 4 heteroatoms. The fourth-order valence-corrected chi connectivity index (χ4v) is 4.38. The molecule has 1 fully saturated rings. The smallest absolute Gasteiger partial charge is 0.242 e. The highest BCUT2D eigenvalue weighted by Gasteiger charge is 2.25. The number of carbonyl (C=O) groups is 1. The number of para-hydroxylation sites is 1. The fraction of sp³-hybridized carbons (Fsp3) is 0.588. The number of carbonyl (C=O) groups excluding carboxylic acids is 1. The van der Waals surface area contributed by atoms with Crippen LogP contribution in [0.15, 0.2) is 29.2 Å². The highest BCUT2D eigenvalue weighted by molar-refractivity contribution is 8.00. The first-order chi connectivity index (χ1) is 10.2. The largest absolute Gasteiger partial charge is 0.360 e. The lowest BCUT2D eigenvalue weighted by Crippen LogP contribution is -2.44. The Morgan fingerprint density at radius 1 is 1.19 bits per heavy atom. The normalized spacial score (nSPS) is 22.6. The van der Waals surface area contributed by atoms with Gasteiger partial charge in [-0.1, -0.05) is 31.9 Å². The second-order valence-corrected chi connectivity index (χ2v) is 7.55. The van der Waals surface area contributed by atoms with Gasteiger partial charge in [-0.15, -0.1) is 11.8 Å². The van der Waals surface area contributed by atoms with E-state index < -0.39 is 0 Å². The van der Waals surface area contributed by atoms with Crippen molar-refractivity contribution in [1.29, 1.82) is 0 Å². The summed E-state index contributed by atoms with van der Waals surface area (Å²) in [5, 5.41) is 0.539. The van der Waals surface area contributed by atoms with Crippen molar-refractivity contribution < 1.29 is 4.79 Å². The standard InChI is InChI=1S/C17H24N2OS/c1-14-12-19(15-8-4-5-9-16(15)21-14)13-17(20)18-10-6-2-3-7-11-18/h4-5,8-9,14H,2-3,6-7,10-13H2,1H3. The molecule has 1 atom stereocenters. The monoisotopic (exact) mass is 304 g/mol. The number of hydrogen-bond donors (Lipinski definition) is 0. The minimum atomic E-state index is 0.297. The molecule has 3 rings (SSSR count). The zero-order chi connectivity index (χ0) is 14.7. The molecule has 0 aromatic heterocycles. The number of amides is 1. The maximum absolute atomic E-state index is 12.6. The van der Waals surface area contributed by atoms with Gasteiger partial charge in [0.25, 0.3) is 0 Å². The van der Waals surface area contributed by atoms with Crippen LogP contribution in [0.1, 0.15) is 32.6 Å². The van der Waals surface area contributed by atoms with E-state index in [1.807, 2.05) is 11.8 Å². The molecule has 0 bridgehead atoms. The van der Waals surface area contributed by atoms with Gasteiger partial charge in [-0.25, -0.2) is 0 Å². The summed E-state index contributed by atoms with van der Waals surface area (Å²) in [7, 11) is 0. The lowest BCUT2D eigenvalue weighted by atomic mass is 10.2. The van der Waals surface area contributed by atoms with E-state index in [4.69, 9.17) is 0 Å². The number of benzene rings is 1. The van der Waals surface area contributed by atoms with Crippen LogP contribution in [-0.4, -0.2) is 42.2 Å². The van der Waals surface area contributed by atoms with Gasteiger partial charge in [-0.05, 0) is 25.0 Å². The molecule has 1 saturated heterocycles. The maximum atomic E-state index is 12.6. The molecule has 1 aromatic rings. The van der Waals surface area contributed by atoms with E-state index in [9.17, 15) is 4.79 Å². The third-order valence-electron chi connectivity index (χ3n) is 4.30. The van der Waals surface area contributed by atoms with E-state index in [-0.39, 0.29) is 0 Å². The van der Waals surface area contributed by atoms with E-state index >= 15 is 0 Å². The number of anilines is 1. The maximum Gasteiger partial charge on any atom is 0.242 e. The topological polar surface area (TPSA) is 23.6 Å². The Morgan fingerprint density at radius 3 is 2.67 bits per heavy atom. The highest BCUT2D eigenvalue weighted by Crippen LogP contribution is 2.37. The molecule has 3 nitrogen and oxygen atoms in total. The van der Waals surface area contributed by atoms with Crippen LogP contribution in [0.25, 0.3) is 0 Å². The average molecular weight is 304 g/mol. The van der Waals surface area contributed by atoms with Crippen LogP contribution in [0.3, 0.4) is 0 Å². The molecular formula is C17H24N2OS. The van der Waals surface area contributed by atoms with Gasteiger partial charge in [0, 0.05) is 29.8 Å². The fourth-order valence-electron chi connectivity index (χ4n) is 3.21. The van der Waals surface area contributed by atoms with Gasteiger partial charge in [0.15, 0.2) is 0 Å². The van der Waals surface area contributed by atoms with Crippen molar-refractivity contribution in [1.82, 2.24) is 4.90 Å². The van der Waals surface area contributed by atoms with Crippen molar-refractivity contribution in [2.75, 3.05) is 31.1 Å². The quantitative estimate of drug-likeness (QED) is 0.837. The summed E-state index contributed by atoms with van der Waals surface area (Å²) in [5.41, 5.74) is 1.23. The Kier molecular flexibility index (Phi) is 4.73. The second kappa shape index (κ2) is 6.73. The van der Waals surface area contributed by atoms with Crippen molar-refractivity contribution in [3.05, 3.63) is 24.3 Å². The number of fused-ring (bicyclic) bond motifs is 1. The summed E-state index contributed by atoms with van der Waals surface area (Å²) in [4.78, 5) is 18.3. The Morgan fingerprint density at radius 2 is 1.90 bits per heavy atom. The van der Waals surface area contributed by atoms with Gasteiger partial charge in [0.2, 0.25) is 5.91 Å². The molecule has 114 valence electrons. The van der Waals surface area contributed by atoms with Crippen LogP contribution in [-0.2, 0) is 4.79 Å². The van der Waals surface area contributed by atoms with Crippen LogP contribution in [0, 0.1) is 0 Å². The Hall–Kier alpha value is -1.16. The van der Waals surface area contributed by atoms with Gasteiger partial charge >= 0.3 is 0 Å². The average Bonchev–Trinajstić information content (AvgIpc) is 2.76. The molecule has 2 heterocycles. The van der Waals surface area contributed by atoms with Gasteiger partial charge < -0.3 is 9.80 Å². The summed E-state index contributed by atoms with van der Waals surface area (Å²) in [6.45, 7) is 5.62. The molecule has 1 aromatic carbocycles. The number of thioether (sulfide) groups is 1. The molecule has 0 radical (unpaired) electrons. The zero-order valence-electron chi connectivity index (χ0n) is 12.8. The van der Waals surface area contributed by atoms with Gasteiger partial charge in [0.05, 0.1) is 12.2 Å². The molecule has 2 aliphatic rings. The van der Waals surface area contributed by atoms with E-state index in [0.29, 0.717) is 17.7 Å². The molecule has 2 aliphatic heterocycles. The number of hydrogen-bond acceptors (Lipinski definition) is 3. The van der Waals surface area contributed by atoms with Crippen molar-refractivity contribution in [3.8, 4) is 0 Å². The van der Waals surface area contributed by atoms with Gasteiger partial charge in [-0.3, -0.25) is 4.79 Å². The van der Waals surface area contributed by atoms with Crippen LogP contribution in [0.4, 0.5) is 5.69 Å². The van der Waals surface area contributed by atoms with Crippen molar-refractivity contribution >= 4 is 23.4 Å². The Bertz CT molecular complexity index is 497. The third kappa shape index (κ3) is 3.54. The first-order valence-electron chi connectivity index (χ1n) is 8.02. The minimum absolute atomic E-state index is 0.297. The summed E-state index contributed by atoms with van der Waals surface area (Å²) in [5.74, 6) is 0.297. The van der Waals surface area contributed by atoms with Crippen LogP contribution in [0.2, 0.25) is 0 Å². The molecule has 1 unspecified atom stereocenters. The number of rotatable bonds is 2. The van der Waals surface area contributed by atoms with Crippen LogP contribution < -0.4 is 4.90 Å². The number of nitrogens with zero attached hydrogens (tertiary/aromatic N) is 2. The van der Waals surface area contributed by atoms with E-state index in [1.54, 1.807) is 0 Å². The first-order valence-corrected chi connectivity index (χ1v) is 8.90. The first kappa shape index (κ1) is 14.8. The van der Waals surface area contributed by atoms with E-state index in [0.717, 1.165) is 32.5 Å². The zero-order valence-corrected chi connectivity index (χ0v) is 13.6. The Balaban J connectivity index is 1.70. The molecule has 0 aliphatic carbocycles. The molecular weight excluding hydrogens is 280 g/mol. The van der Waals surface area contributed by atoms with Crippen molar-refractivity contribution in [2.24, 2.45) is 0 Å². The van der Waals surface area contributed by atoms with Gasteiger partial charge in [-0.2, -0.15) is 0 Å². The molecule has 0 spiro atoms. The summed E-state index contributed by atoms with van der Waals surface area (Å²) in [6, 6.07) is 8.46. The minimum Gasteiger partial charge on any atom is -0.360 e. The Labute approximate surface area is 131 Å². The number of likely N-dealkylation sites (tertiary alicyclic amines) is 1. The molecule has 0 saturated carbocycles.